The monoisotopic (exact) mass is 380 g/mol. The maximum Gasteiger partial charge on any atom is 0.323 e. The summed E-state index contributed by atoms with van der Waals surface area (Å²) in [7, 11) is -1.30. The van der Waals surface area contributed by atoms with Gasteiger partial charge in [-0.05, 0) is 30.7 Å². The minimum absolute atomic E-state index is 0.261. The standard InChI is InChI=1S/C16H20N4O3S2/c1-19-15(8-14(18-19)11-5-7-24-10-11)17-16(21)20-6-4-12-2-3-13(9-20)25(12,22)23/h5,7-8,10,12-13H,2-4,6,9H2,1H3,(H,17,21). The van der Waals surface area contributed by atoms with Crippen LogP contribution in [-0.2, 0) is 16.9 Å². The van der Waals surface area contributed by atoms with E-state index < -0.39 is 15.1 Å². The van der Waals surface area contributed by atoms with Crippen molar-refractivity contribution in [3.63, 3.8) is 0 Å². The average Bonchev–Trinajstić information content (AvgIpc) is 3.21. The summed E-state index contributed by atoms with van der Waals surface area (Å²) in [5, 5.41) is 10.6. The molecule has 0 aromatic carbocycles. The topological polar surface area (TPSA) is 84.3 Å². The molecule has 2 aliphatic heterocycles. The number of hydrogen-bond acceptors (Lipinski definition) is 5. The molecule has 4 heterocycles. The molecule has 2 unspecified atom stereocenters. The number of rotatable bonds is 2. The Morgan fingerprint density at radius 3 is 2.88 bits per heavy atom. The molecule has 0 spiro atoms. The Bertz CT molecular complexity index is 889. The number of carbonyl (C=O) groups excluding carboxylic acids is 1. The quantitative estimate of drug-likeness (QED) is 0.867. The summed E-state index contributed by atoms with van der Waals surface area (Å²) >= 11 is 1.59. The zero-order valence-corrected chi connectivity index (χ0v) is 15.5. The first kappa shape index (κ1) is 16.6. The van der Waals surface area contributed by atoms with Gasteiger partial charge >= 0.3 is 6.03 Å². The number of aryl methyl sites for hydroxylation is 1. The highest BCUT2D eigenvalue weighted by atomic mass is 32.2. The molecule has 2 fully saturated rings. The Labute approximate surface area is 150 Å². The van der Waals surface area contributed by atoms with Crippen molar-refractivity contribution in [3.05, 3.63) is 22.9 Å². The largest absolute Gasteiger partial charge is 0.323 e. The molecule has 134 valence electrons. The minimum Gasteiger partial charge on any atom is -0.323 e. The summed E-state index contributed by atoms with van der Waals surface area (Å²) in [5.74, 6) is 0.600. The maximum atomic E-state index is 12.6. The van der Waals surface area contributed by atoms with Crippen molar-refractivity contribution in [3.8, 4) is 11.3 Å². The highest BCUT2D eigenvalue weighted by Gasteiger charge is 2.44. The van der Waals surface area contributed by atoms with Crippen LogP contribution in [0.1, 0.15) is 19.3 Å². The Morgan fingerprint density at radius 1 is 1.32 bits per heavy atom. The first-order chi connectivity index (χ1) is 11.9. The van der Waals surface area contributed by atoms with Gasteiger partial charge in [0.15, 0.2) is 9.84 Å². The molecule has 2 aromatic heterocycles. The number of sulfone groups is 1. The lowest BCUT2D eigenvalue weighted by Gasteiger charge is -2.23. The molecular formula is C16H20N4O3S2. The molecule has 7 nitrogen and oxygen atoms in total. The molecule has 0 aliphatic carbocycles. The lowest BCUT2D eigenvalue weighted by Crippen LogP contribution is -2.40. The predicted octanol–water partition coefficient (Wildman–Crippen LogP) is 2.33. The van der Waals surface area contributed by atoms with Crippen LogP contribution in [-0.4, -0.2) is 52.7 Å². The fourth-order valence-corrected chi connectivity index (χ4v) is 6.57. The lowest BCUT2D eigenvalue weighted by atomic mass is 10.1. The number of hydrogen-bond donors (Lipinski definition) is 1. The second-order valence-corrected chi connectivity index (χ2v) is 9.92. The van der Waals surface area contributed by atoms with Crippen molar-refractivity contribution < 1.29 is 13.2 Å². The summed E-state index contributed by atoms with van der Waals surface area (Å²) in [6.07, 6.45) is 1.91. The van der Waals surface area contributed by atoms with E-state index in [1.807, 2.05) is 22.9 Å². The maximum absolute atomic E-state index is 12.6. The smallest absolute Gasteiger partial charge is 0.323 e. The predicted molar refractivity (Wildman–Crippen MR) is 97.5 cm³/mol. The van der Waals surface area contributed by atoms with E-state index in [-0.39, 0.29) is 17.8 Å². The van der Waals surface area contributed by atoms with Gasteiger partial charge in [0.05, 0.1) is 16.2 Å². The average molecular weight is 380 g/mol. The third-order valence-corrected chi connectivity index (χ3v) is 8.50. The number of aromatic nitrogens is 2. The minimum atomic E-state index is -3.08. The molecule has 25 heavy (non-hydrogen) atoms. The lowest BCUT2D eigenvalue weighted by molar-refractivity contribution is 0.209. The van der Waals surface area contributed by atoms with Gasteiger partial charge < -0.3 is 4.90 Å². The van der Waals surface area contributed by atoms with Crippen LogP contribution < -0.4 is 5.32 Å². The number of nitrogens with zero attached hydrogens (tertiary/aromatic N) is 3. The first-order valence-electron chi connectivity index (χ1n) is 8.30. The first-order valence-corrected chi connectivity index (χ1v) is 10.9. The van der Waals surface area contributed by atoms with Crippen molar-refractivity contribution in [2.75, 3.05) is 18.4 Å². The molecule has 2 aromatic rings. The molecular weight excluding hydrogens is 360 g/mol. The van der Waals surface area contributed by atoms with Crippen LogP contribution in [0.3, 0.4) is 0 Å². The highest BCUT2D eigenvalue weighted by molar-refractivity contribution is 7.93. The van der Waals surface area contributed by atoms with E-state index >= 15 is 0 Å². The van der Waals surface area contributed by atoms with Gasteiger partial charge in [0.2, 0.25) is 0 Å². The van der Waals surface area contributed by atoms with E-state index in [0.717, 1.165) is 17.7 Å². The summed E-state index contributed by atoms with van der Waals surface area (Å²) in [6, 6.07) is 3.55. The Balaban J connectivity index is 1.49. The number of amides is 2. The van der Waals surface area contributed by atoms with Crippen molar-refractivity contribution in [2.45, 2.75) is 29.8 Å². The van der Waals surface area contributed by atoms with Crippen molar-refractivity contribution in [1.82, 2.24) is 14.7 Å². The van der Waals surface area contributed by atoms with Crippen molar-refractivity contribution in [2.24, 2.45) is 7.05 Å². The Morgan fingerprint density at radius 2 is 2.12 bits per heavy atom. The van der Waals surface area contributed by atoms with Crippen LogP contribution in [0.15, 0.2) is 22.9 Å². The number of carbonyl (C=O) groups is 1. The molecule has 2 atom stereocenters. The van der Waals surface area contributed by atoms with E-state index in [2.05, 4.69) is 10.4 Å². The molecule has 2 bridgehead atoms. The third kappa shape index (κ3) is 2.95. The van der Waals surface area contributed by atoms with Gasteiger partial charge in [-0.2, -0.15) is 16.4 Å². The number of thiophene rings is 1. The summed E-state index contributed by atoms with van der Waals surface area (Å²) in [6.45, 7) is 0.751. The van der Waals surface area contributed by atoms with Crippen molar-refractivity contribution in [1.29, 1.82) is 0 Å². The van der Waals surface area contributed by atoms with Gasteiger partial charge in [0.25, 0.3) is 0 Å². The van der Waals surface area contributed by atoms with Gasteiger partial charge in [-0.25, -0.2) is 13.2 Å². The summed E-state index contributed by atoms with van der Waals surface area (Å²) < 4.78 is 26.3. The number of urea groups is 1. The van der Waals surface area contributed by atoms with E-state index in [9.17, 15) is 13.2 Å². The van der Waals surface area contributed by atoms with Crippen LogP contribution in [0.4, 0.5) is 10.6 Å². The van der Waals surface area contributed by atoms with E-state index in [0.29, 0.717) is 25.2 Å². The number of anilines is 1. The number of likely N-dealkylation sites (tertiary alicyclic amines) is 1. The van der Waals surface area contributed by atoms with Gasteiger partial charge in [-0.1, -0.05) is 0 Å². The Hall–Kier alpha value is -1.87. The van der Waals surface area contributed by atoms with Crippen molar-refractivity contribution >= 4 is 33.0 Å². The van der Waals surface area contributed by atoms with Gasteiger partial charge in [-0.15, -0.1) is 0 Å². The molecule has 2 aliphatic rings. The van der Waals surface area contributed by atoms with E-state index in [1.165, 1.54) is 0 Å². The van der Waals surface area contributed by atoms with Crippen LogP contribution in [0.25, 0.3) is 11.3 Å². The molecule has 2 amide bonds. The molecule has 1 N–H and O–H groups in total. The van der Waals surface area contributed by atoms with Crippen LogP contribution in [0, 0.1) is 0 Å². The molecule has 9 heteroatoms. The molecule has 2 saturated heterocycles. The molecule has 0 radical (unpaired) electrons. The second-order valence-electron chi connectivity index (χ2n) is 6.63. The molecule has 0 saturated carbocycles. The summed E-state index contributed by atoms with van der Waals surface area (Å²) in [4.78, 5) is 14.3. The van der Waals surface area contributed by atoms with Crippen LogP contribution >= 0.6 is 11.3 Å². The van der Waals surface area contributed by atoms with E-state index in [4.69, 9.17) is 0 Å². The number of nitrogens with one attached hydrogen (secondary N) is 1. The van der Waals surface area contributed by atoms with E-state index in [1.54, 1.807) is 28.0 Å². The second kappa shape index (κ2) is 6.14. The fraction of sp³-hybridized carbons (Fsp3) is 0.500. The Kier molecular flexibility index (Phi) is 4.07. The third-order valence-electron chi connectivity index (χ3n) is 5.10. The van der Waals surface area contributed by atoms with Crippen LogP contribution in [0.2, 0.25) is 0 Å². The van der Waals surface area contributed by atoms with Crippen LogP contribution in [0.5, 0.6) is 0 Å². The molecule has 4 rings (SSSR count). The number of fused-ring (bicyclic) bond motifs is 2. The van der Waals surface area contributed by atoms with Gasteiger partial charge in [-0.3, -0.25) is 10.00 Å². The fourth-order valence-electron chi connectivity index (χ4n) is 3.62. The highest BCUT2D eigenvalue weighted by Crippen LogP contribution is 2.33. The van der Waals surface area contributed by atoms with Gasteiger partial charge in [0, 0.05) is 37.1 Å². The normalized spacial score (nSPS) is 24.9. The zero-order chi connectivity index (χ0) is 17.6. The summed E-state index contributed by atoms with van der Waals surface area (Å²) in [5.41, 5.74) is 1.82. The van der Waals surface area contributed by atoms with Gasteiger partial charge in [0.1, 0.15) is 5.82 Å². The zero-order valence-electron chi connectivity index (χ0n) is 13.9. The SMILES string of the molecule is Cn1nc(-c2ccsc2)cc1NC(=O)N1CCC2CCC(C1)S2(=O)=O.